The van der Waals surface area contributed by atoms with Crippen molar-refractivity contribution >= 4 is 21.6 Å². The minimum absolute atomic E-state index is 0.255. The van der Waals surface area contributed by atoms with Gasteiger partial charge in [0.15, 0.2) is 0 Å². The molecule has 1 aromatic carbocycles. The molecule has 1 aromatic heterocycles. The summed E-state index contributed by atoms with van der Waals surface area (Å²) in [5.74, 6) is 0. The van der Waals surface area contributed by atoms with Crippen LogP contribution in [0.1, 0.15) is 29.7 Å². The lowest BCUT2D eigenvalue weighted by atomic mass is 10.00. The first-order chi connectivity index (χ1) is 8.58. The summed E-state index contributed by atoms with van der Waals surface area (Å²) in [4.78, 5) is 4.22. The first-order valence-corrected chi connectivity index (χ1v) is 6.81. The smallest absolute Gasteiger partial charge is 0.129 e. The van der Waals surface area contributed by atoms with Crippen molar-refractivity contribution in [3.8, 4) is 0 Å². The highest BCUT2D eigenvalue weighted by Gasteiger charge is 2.10. The molecule has 2 aromatic rings. The second-order valence-electron chi connectivity index (χ2n) is 4.57. The van der Waals surface area contributed by atoms with Crippen molar-refractivity contribution in [2.24, 2.45) is 0 Å². The molecule has 0 radical (unpaired) electrons. The fourth-order valence-corrected chi connectivity index (χ4v) is 2.40. The number of benzene rings is 1. The Bertz CT molecular complexity index is 552. The van der Waals surface area contributed by atoms with E-state index in [9.17, 15) is 0 Å². The van der Waals surface area contributed by atoms with Crippen molar-refractivity contribution in [2.45, 2.75) is 26.8 Å². The highest BCUT2D eigenvalue weighted by Crippen LogP contribution is 2.26. The summed E-state index contributed by atoms with van der Waals surface area (Å²) >= 11 is 3.46. The maximum Gasteiger partial charge on any atom is 0.129 e. The molecule has 0 aliphatic rings. The van der Waals surface area contributed by atoms with Crippen LogP contribution in [0.3, 0.4) is 0 Å². The normalized spacial score (nSPS) is 12.2. The Morgan fingerprint density at radius 1 is 1.22 bits per heavy atom. The lowest BCUT2D eigenvalue weighted by Crippen LogP contribution is -2.09. The summed E-state index contributed by atoms with van der Waals surface area (Å²) in [5.41, 5.74) is 4.94. The van der Waals surface area contributed by atoms with Crippen LogP contribution < -0.4 is 5.32 Å². The van der Waals surface area contributed by atoms with Gasteiger partial charge < -0.3 is 5.32 Å². The highest BCUT2D eigenvalue weighted by molar-refractivity contribution is 9.10. The zero-order valence-electron chi connectivity index (χ0n) is 10.9. The van der Waals surface area contributed by atoms with Crippen LogP contribution in [0.5, 0.6) is 0 Å². The van der Waals surface area contributed by atoms with Crippen molar-refractivity contribution in [1.29, 1.82) is 0 Å². The first kappa shape index (κ1) is 13.1. The number of aromatic nitrogens is 1. The van der Waals surface area contributed by atoms with Gasteiger partial charge in [0.2, 0.25) is 0 Å². The fraction of sp³-hybridized carbons (Fsp3) is 0.267. The van der Waals surface area contributed by atoms with E-state index in [-0.39, 0.29) is 6.04 Å². The fourth-order valence-electron chi connectivity index (χ4n) is 2.03. The second-order valence-corrected chi connectivity index (χ2v) is 5.32. The van der Waals surface area contributed by atoms with Crippen LogP contribution in [0.25, 0.3) is 0 Å². The number of aryl methyl sites for hydroxylation is 2. The molecule has 1 N–H and O–H groups in total. The number of pyridine rings is 1. The van der Waals surface area contributed by atoms with Gasteiger partial charge in [0.1, 0.15) is 4.60 Å². The van der Waals surface area contributed by atoms with E-state index in [1.807, 2.05) is 12.1 Å². The van der Waals surface area contributed by atoms with Gasteiger partial charge in [-0.2, -0.15) is 0 Å². The van der Waals surface area contributed by atoms with Crippen LogP contribution in [0, 0.1) is 13.8 Å². The van der Waals surface area contributed by atoms with Crippen LogP contribution in [0.4, 0.5) is 5.69 Å². The van der Waals surface area contributed by atoms with Gasteiger partial charge in [0.25, 0.3) is 0 Å². The van der Waals surface area contributed by atoms with Crippen molar-refractivity contribution < 1.29 is 0 Å². The molecule has 1 heterocycles. The molecule has 0 saturated carbocycles. The molecule has 94 valence electrons. The van der Waals surface area contributed by atoms with Gasteiger partial charge in [-0.25, -0.2) is 4.98 Å². The Labute approximate surface area is 117 Å². The maximum absolute atomic E-state index is 4.22. The average molecular weight is 305 g/mol. The van der Waals surface area contributed by atoms with Gasteiger partial charge in [-0.05, 0) is 60.0 Å². The first-order valence-electron chi connectivity index (χ1n) is 6.02. The number of anilines is 1. The predicted molar refractivity (Wildman–Crippen MR) is 79.9 cm³/mol. The van der Waals surface area contributed by atoms with Gasteiger partial charge in [-0.15, -0.1) is 0 Å². The minimum Gasteiger partial charge on any atom is -0.376 e. The van der Waals surface area contributed by atoms with E-state index < -0.39 is 0 Å². The number of nitrogens with one attached hydrogen (secondary N) is 1. The molecule has 0 amide bonds. The molecule has 0 aliphatic heterocycles. The number of rotatable bonds is 3. The van der Waals surface area contributed by atoms with E-state index in [0.717, 1.165) is 10.3 Å². The lowest BCUT2D eigenvalue weighted by Gasteiger charge is -2.19. The Hall–Kier alpha value is -1.35. The third kappa shape index (κ3) is 2.91. The molecular weight excluding hydrogens is 288 g/mol. The average Bonchev–Trinajstić information content (AvgIpc) is 2.35. The van der Waals surface area contributed by atoms with Gasteiger partial charge in [-0.1, -0.05) is 23.8 Å². The summed E-state index contributed by atoms with van der Waals surface area (Å²) in [6, 6.07) is 10.8. The Morgan fingerprint density at radius 2 is 2.00 bits per heavy atom. The molecule has 0 fully saturated rings. The monoisotopic (exact) mass is 304 g/mol. The van der Waals surface area contributed by atoms with E-state index in [2.05, 4.69) is 65.2 Å². The van der Waals surface area contributed by atoms with E-state index in [1.54, 1.807) is 6.20 Å². The molecular formula is C15H17BrN2. The zero-order valence-corrected chi connectivity index (χ0v) is 12.5. The molecule has 1 atom stereocenters. The Morgan fingerprint density at radius 3 is 2.72 bits per heavy atom. The molecule has 2 rings (SSSR count). The predicted octanol–water partition coefficient (Wildman–Crippen LogP) is 4.63. The molecule has 18 heavy (non-hydrogen) atoms. The van der Waals surface area contributed by atoms with Crippen LogP contribution >= 0.6 is 15.9 Å². The standard InChI is InChI=1S/C15H17BrN2/c1-10-6-7-11(2)13(9-10)12(3)18-14-5-4-8-17-15(14)16/h4-9,12,18H,1-3H3. The van der Waals surface area contributed by atoms with Crippen molar-refractivity contribution in [3.05, 3.63) is 57.8 Å². The molecule has 0 spiro atoms. The summed E-state index contributed by atoms with van der Waals surface area (Å²) in [6.45, 7) is 6.43. The number of nitrogens with zero attached hydrogens (tertiary/aromatic N) is 1. The highest BCUT2D eigenvalue weighted by atomic mass is 79.9. The maximum atomic E-state index is 4.22. The summed E-state index contributed by atoms with van der Waals surface area (Å²) < 4.78 is 0.849. The quantitative estimate of drug-likeness (QED) is 0.836. The van der Waals surface area contributed by atoms with Crippen molar-refractivity contribution in [1.82, 2.24) is 4.98 Å². The number of hydrogen-bond donors (Lipinski definition) is 1. The van der Waals surface area contributed by atoms with E-state index in [0.29, 0.717) is 0 Å². The van der Waals surface area contributed by atoms with Crippen molar-refractivity contribution in [2.75, 3.05) is 5.32 Å². The third-order valence-corrected chi connectivity index (χ3v) is 3.66. The topological polar surface area (TPSA) is 24.9 Å². The van der Waals surface area contributed by atoms with Gasteiger partial charge in [0.05, 0.1) is 5.69 Å². The molecule has 2 nitrogen and oxygen atoms in total. The van der Waals surface area contributed by atoms with Gasteiger partial charge in [0, 0.05) is 12.2 Å². The molecule has 0 saturated heterocycles. The van der Waals surface area contributed by atoms with Gasteiger partial charge >= 0.3 is 0 Å². The summed E-state index contributed by atoms with van der Waals surface area (Å²) in [7, 11) is 0. The number of halogens is 1. The largest absolute Gasteiger partial charge is 0.376 e. The summed E-state index contributed by atoms with van der Waals surface area (Å²) in [5, 5.41) is 3.49. The molecule has 0 bridgehead atoms. The van der Waals surface area contributed by atoms with Crippen LogP contribution in [0.2, 0.25) is 0 Å². The Kier molecular flexibility index (Phi) is 4.02. The van der Waals surface area contributed by atoms with Crippen LogP contribution in [-0.2, 0) is 0 Å². The van der Waals surface area contributed by atoms with Gasteiger partial charge in [-0.3, -0.25) is 0 Å². The number of hydrogen-bond acceptors (Lipinski definition) is 2. The lowest BCUT2D eigenvalue weighted by molar-refractivity contribution is 0.868. The zero-order chi connectivity index (χ0) is 13.1. The second kappa shape index (κ2) is 5.53. The summed E-state index contributed by atoms with van der Waals surface area (Å²) in [6.07, 6.45) is 1.78. The van der Waals surface area contributed by atoms with Crippen molar-refractivity contribution in [3.63, 3.8) is 0 Å². The molecule has 1 unspecified atom stereocenters. The van der Waals surface area contributed by atoms with Crippen LogP contribution in [-0.4, -0.2) is 4.98 Å². The van der Waals surface area contributed by atoms with E-state index in [4.69, 9.17) is 0 Å². The van der Waals surface area contributed by atoms with Crippen LogP contribution in [0.15, 0.2) is 41.1 Å². The van der Waals surface area contributed by atoms with E-state index in [1.165, 1.54) is 16.7 Å². The Balaban J connectivity index is 2.25. The van der Waals surface area contributed by atoms with E-state index >= 15 is 0 Å². The third-order valence-electron chi connectivity index (χ3n) is 3.03. The molecule has 3 heteroatoms. The minimum atomic E-state index is 0.255. The SMILES string of the molecule is Cc1ccc(C)c(C(C)Nc2cccnc2Br)c1. The molecule has 0 aliphatic carbocycles.